The maximum Gasteiger partial charge on any atom is 0.168 e. The summed E-state index contributed by atoms with van der Waals surface area (Å²) in [5.41, 5.74) is 1.89. The van der Waals surface area contributed by atoms with Crippen molar-refractivity contribution in [1.82, 2.24) is 9.78 Å². The van der Waals surface area contributed by atoms with Crippen LogP contribution in [0.1, 0.15) is 28.7 Å². The van der Waals surface area contributed by atoms with E-state index in [1.165, 1.54) is 24.3 Å². The first-order valence-corrected chi connectivity index (χ1v) is 6.41. The van der Waals surface area contributed by atoms with E-state index in [1.807, 2.05) is 6.92 Å². The Hall–Kier alpha value is -1.68. The zero-order valence-corrected chi connectivity index (χ0v) is 11.5. The van der Waals surface area contributed by atoms with E-state index in [9.17, 15) is 9.18 Å². The normalized spacial score (nSPS) is 10.7. The van der Waals surface area contributed by atoms with E-state index < -0.39 is 0 Å². The van der Waals surface area contributed by atoms with E-state index in [0.29, 0.717) is 28.5 Å². The van der Waals surface area contributed by atoms with Crippen LogP contribution in [-0.2, 0) is 13.0 Å². The molecule has 0 aliphatic heterocycles. The number of carbonyl (C=O) groups is 1. The zero-order valence-electron chi connectivity index (χ0n) is 10.8. The molecule has 0 amide bonds. The number of aryl methyl sites for hydroxylation is 2. The molecule has 19 heavy (non-hydrogen) atoms. The number of hydrogen-bond acceptors (Lipinski definition) is 2. The van der Waals surface area contributed by atoms with Gasteiger partial charge in [0.15, 0.2) is 5.78 Å². The quantitative estimate of drug-likeness (QED) is 0.804. The van der Waals surface area contributed by atoms with Crippen molar-refractivity contribution in [1.29, 1.82) is 0 Å². The number of benzene rings is 1. The highest BCUT2D eigenvalue weighted by Gasteiger charge is 2.16. The summed E-state index contributed by atoms with van der Waals surface area (Å²) in [5, 5.41) is 4.79. The van der Waals surface area contributed by atoms with Gasteiger partial charge in [-0.1, -0.05) is 11.6 Å². The summed E-state index contributed by atoms with van der Waals surface area (Å²) in [6.45, 7) is 4.40. The maximum absolute atomic E-state index is 12.8. The van der Waals surface area contributed by atoms with Crippen molar-refractivity contribution < 1.29 is 9.18 Å². The van der Waals surface area contributed by atoms with Crippen LogP contribution < -0.4 is 0 Å². The number of carbonyl (C=O) groups excluding carboxylic acids is 1. The van der Waals surface area contributed by atoms with Gasteiger partial charge in [0.05, 0.1) is 22.8 Å². The minimum Gasteiger partial charge on any atom is -0.294 e. The average molecular weight is 281 g/mol. The Kier molecular flexibility index (Phi) is 4.00. The van der Waals surface area contributed by atoms with Crippen LogP contribution in [0.15, 0.2) is 24.3 Å². The molecule has 0 unspecified atom stereocenters. The Bertz CT molecular complexity index is 605. The highest BCUT2D eigenvalue weighted by molar-refractivity contribution is 6.32. The SMILES string of the molecule is CCn1nc(C)c(Cl)c1CC(=O)c1ccc(F)cc1. The van der Waals surface area contributed by atoms with Crippen LogP contribution in [0.2, 0.25) is 5.02 Å². The van der Waals surface area contributed by atoms with Crippen LogP contribution >= 0.6 is 11.6 Å². The first-order valence-electron chi connectivity index (χ1n) is 6.03. The summed E-state index contributed by atoms with van der Waals surface area (Å²) in [7, 11) is 0. The van der Waals surface area contributed by atoms with Crippen molar-refractivity contribution in [2.75, 3.05) is 0 Å². The second kappa shape index (κ2) is 5.53. The molecule has 2 rings (SSSR count). The van der Waals surface area contributed by atoms with Gasteiger partial charge >= 0.3 is 0 Å². The number of aromatic nitrogens is 2. The minimum absolute atomic E-state index is 0.100. The Labute approximate surface area is 116 Å². The molecule has 100 valence electrons. The second-order valence-electron chi connectivity index (χ2n) is 4.27. The third-order valence-electron chi connectivity index (χ3n) is 2.95. The second-order valence-corrected chi connectivity index (χ2v) is 4.65. The first kappa shape index (κ1) is 13.7. The Morgan fingerprint density at radius 2 is 2.00 bits per heavy atom. The Balaban J connectivity index is 2.26. The van der Waals surface area contributed by atoms with Crippen molar-refractivity contribution in [3.05, 3.63) is 52.1 Å². The van der Waals surface area contributed by atoms with Gasteiger partial charge in [0, 0.05) is 12.1 Å². The highest BCUT2D eigenvalue weighted by Crippen LogP contribution is 2.22. The predicted molar refractivity (Wildman–Crippen MR) is 72.1 cm³/mol. The van der Waals surface area contributed by atoms with Gasteiger partial charge < -0.3 is 0 Å². The fourth-order valence-electron chi connectivity index (χ4n) is 1.93. The largest absolute Gasteiger partial charge is 0.294 e. The molecule has 0 fully saturated rings. The first-order chi connectivity index (χ1) is 9.02. The van der Waals surface area contributed by atoms with Crippen molar-refractivity contribution >= 4 is 17.4 Å². The van der Waals surface area contributed by atoms with Crippen LogP contribution in [0.25, 0.3) is 0 Å². The molecule has 2 aromatic rings. The molecular weight excluding hydrogens is 267 g/mol. The number of halogens is 2. The zero-order chi connectivity index (χ0) is 14.0. The highest BCUT2D eigenvalue weighted by atomic mass is 35.5. The third kappa shape index (κ3) is 2.84. The summed E-state index contributed by atoms with van der Waals surface area (Å²) < 4.78 is 14.5. The molecule has 0 radical (unpaired) electrons. The predicted octanol–water partition coefficient (Wildman–Crippen LogP) is 3.43. The molecule has 0 bridgehead atoms. The van der Waals surface area contributed by atoms with Crippen LogP contribution in [0.4, 0.5) is 4.39 Å². The van der Waals surface area contributed by atoms with Crippen molar-refractivity contribution in [3.63, 3.8) is 0 Å². The van der Waals surface area contributed by atoms with Crippen LogP contribution in [0.3, 0.4) is 0 Å². The van der Waals surface area contributed by atoms with E-state index in [1.54, 1.807) is 11.6 Å². The summed E-state index contributed by atoms with van der Waals surface area (Å²) in [6, 6.07) is 5.50. The van der Waals surface area contributed by atoms with Crippen molar-refractivity contribution in [2.45, 2.75) is 26.8 Å². The van der Waals surface area contributed by atoms with Crippen LogP contribution in [0.5, 0.6) is 0 Å². The molecule has 0 aliphatic carbocycles. The van der Waals surface area contributed by atoms with E-state index in [4.69, 9.17) is 11.6 Å². The molecule has 0 spiro atoms. The number of nitrogens with zero attached hydrogens (tertiary/aromatic N) is 2. The fraction of sp³-hybridized carbons (Fsp3) is 0.286. The molecule has 1 aromatic heterocycles. The van der Waals surface area contributed by atoms with Gasteiger partial charge in [0.2, 0.25) is 0 Å². The molecule has 0 atom stereocenters. The van der Waals surface area contributed by atoms with E-state index in [2.05, 4.69) is 5.10 Å². The van der Waals surface area contributed by atoms with Gasteiger partial charge in [-0.2, -0.15) is 5.10 Å². The summed E-state index contributed by atoms with van der Waals surface area (Å²) in [4.78, 5) is 12.1. The maximum atomic E-state index is 12.8. The Morgan fingerprint density at radius 3 is 2.58 bits per heavy atom. The minimum atomic E-state index is -0.357. The molecule has 1 heterocycles. The summed E-state index contributed by atoms with van der Waals surface area (Å²) in [5.74, 6) is -0.458. The van der Waals surface area contributed by atoms with Crippen molar-refractivity contribution in [2.24, 2.45) is 0 Å². The lowest BCUT2D eigenvalue weighted by Gasteiger charge is -2.05. The molecule has 3 nitrogen and oxygen atoms in total. The van der Waals surface area contributed by atoms with Gasteiger partial charge in [-0.25, -0.2) is 4.39 Å². The number of ketones is 1. The molecule has 0 aliphatic rings. The van der Waals surface area contributed by atoms with Crippen molar-refractivity contribution in [3.8, 4) is 0 Å². The third-order valence-corrected chi connectivity index (χ3v) is 3.44. The van der Waals surface area contributed by atoms with Gasteiger partial charge in [0.1, 0.15) is 5.82 Å². The van der Waals surface area contributed by atoms with Gasteiger partial charge in [-0.3, -0.25) is 9.48 Å². The lowest BCUT2D eigenvalue weighted by molar-refractivity contribution is 0.0990. The molecular formula is C14H14ClFN2O. The van der Waals surface area contributed by atoms with Gasteiger partial charge in [-0.15, -0.1) is 0 Å². The topological polar surface area (TPSA) is 34.9 Å². The smallest absolute Gasteiger partial charge is 0.168 e. The summed E-state index contributed by atoms with van der Waals surface area (Å²) >= 11 is 6.15. The molecule has 5 heteroatoms. The van der Waals surface area contributed by atoms with E-state index >= 15 is 0 Å². The van der Waals surface area contributed by atoms with Gasteiger partial charge in [-0.05, 0) is 38.1 Å². The number of hydrogen-bond donors (Lipinski definition) is 0. The molecule has 1 aromatic carbocycles. The lowest BCUT2D eigenvalue weighted by atomic mass is 10.1. The molecule has 0 saturated carbocycles. The molecule has 0 N–H and O–H groups in total. The Morgan fingerprint density at radius 1 is 1.37 bits per heavy atom. The van der Waals surface area contributed by atoms with E-state index in [0.717, 1.165) is 0 Å². The van der Waals surface area contributed by atoms with Crippen LogP contribution in [-0.4, -0.2) is 15.6 Å². The summed E-state index contributed by atoms with van der Waals surface area (Å²) in [6.07, 6.45) is 0.166. The monoisotopic (exact) mass is 280 g/mol. The van der Waals surface area contributed by atoms with E-state index in [-0.39, 0.29) is 18.0 Å². The number of rotatable bonds is 4. The molecule has 0 saturated heterocycles. The average Bonchev–Trinajstić information content (AvgIpc) is 2.67. The van der Waals surface area contributed by atoms with Crippen LogP contribution in [0, 0.1) is 12.7 Å². The fourth-order valence-corrected chi connectivity index (χ4v) is 2.13. The lowest BCUT2D eigenvalue weighted by Crippen LogP contribution is -2.10. The standard InChI is InChI=1S/C14H14ClFN2O/c1-3-18-12(14(15)9(2)17-18)8-13(19)10-4-6-11(16)7-5-10/h4-7H,3,8H2,1-2H3. The van der Waals surface area contributed by atoms with Gasteiger partial charge in [0.25, 0.3) is 0 Å². The number of Topliss-reactive ketones (excluding diaryl/α,β-unsaturated/α-hetero) is 1.